The highest BCUT2D eigenvalue weighted by atomic mass is 19.3. The zero-order valence-electron chi connectivity index (χ0n) is 16.9. The monoisotopic (exact) mass is 421 g/mol. The number of nitrogens with two attached hydrogens (primary N) is 2. The number of aromatic nitrogens is 1. The molecule has 2 heterocycles. The van der Waals surface area contributed by atoms with Gasteiger partial charge in [-0.2, -0.15) is 0 Å². The van der Waals surface area contributed by atoms with E-state index in [2.05, 4.69) is 15.2 Å². The number of hydrogen-bond acceptors (Lipinski definition) is 6. The Kier molecular flexibility index (Phi) is 6.40. The molecular formula is C21H25F2N3O4. The molecule has 0 saturated heterocycles. The molecule has 1 atom stereocenters. The summed E-state index contributed by atoms with van der Waals surface area (Å²) in [7, 11) is 0. The van der Waals surface area contributed by atoms with Crippen LogP contribution < -0.4 is 25.7 Å². The molecule has 0 spiro atoms. The van der Waals surface area contributed by atoms with Crippen molar-refractivity contribution in [3.05, 3.63) is 35.5 Å². The number of primary amides is 1. The van der Waals surface area contributed by atoms with E-state index in [0.717, 1.165) is 24.1 Å². The van der Waals surface area contributed by atoms with Gasteiger partial charge in [0.2, 0.25) is 6.41 Å². The third-order valence-corrected chi connectivity index (χ3v) is 4.97. The number of alkyl halides is 2. The van der Waals surface area contributed by atoms with Crippen LogP contribution in [-0.4, -0.2) is 30.8 Å². The molecule has 2 aliphatic rings. The lowest BCUT2D eigenvalue weighted by Crippen LogP contribution is -2.25. The second kappa shape index (κ2) is 8.83. The molecule has 1 unspecified atom stereocenters. The molecule has 0 bridgehead atoms. The lowest BCUT2D eigenvalue weighted by molar-refractivity contribution is -0.286. The van der Waals surface area contributed by atoms with E-state index in [-0.39, 0.29) is 23.8 Å². The highest BCUT2D eigenvalue weighted by Crippen LogP contribution is 2.46. The summed E-state index contributed by atoms with van der Waals surface area (Å²) in [5.74, 6) is 1.38. The highest BCUT2D eigenvalue weighted by molar-refractivity contribution is 5.71. The maximum Gasteiger partial charge on any atom is 0.586 e. The van der Waals surface area contributed by atoms with Crippen LogP contribution in [0, 0.1) is 12.8 Å². The Bertz CT molecular complexity index is 919. The van der Waals surface area contributed by atoms with Gasteiger partial charge >= 0.3 is 6.29 Å². The summed E-state index contributed by atoms with van der Waals surface area (Å²) in [6.07, 6.45) is -1.08. The van der Waals surface area contributed by atoms with E-state index in [0.29, 0.717) is 36.1 Å². The van der Waals surface area contributed by atoms with Gasteiger partial charge in [0.15, 0.2) is 11.5 Å². The van der Waals surface area contributed by atoms with Gasteiger partial charge < -0.3 is 25.7 Å². The molecule has 1 aliphatic heterocycles. The molecule has 1 amide bonds. The van der Waals surface area contributed by atoms with Crippen molar-refractivity contribution in [2.75, 3.05) is 13.2 Å². The number of pyridine rings is 1. The lowest BCUT2D eigenvalue weighted by atomic mass is 9.96. The molecule has 1 fully saturated rings. The largest absolute Gasteiger partial charge is 0.586 e. The van der Waals surface area contributed by atoms with Crippen LogP contribution in [0.15, 0.2) is 24.3 Å². The summed E-state index contributed by atoms with van der Waals surface area (Å²) in [5.41, 5.74) is 13.3. The van der Waals surface area contributed by atoms with E-state index in [9.17, 15) is 8.78 Å². The van der Waals surface area contributed by atoms with E-state index in [1.165, 1.54) is 12.1 Å². The Morgan fingerprint density at radius 1 is 1.30 bits per heavy atom. The van der Waals surface area contributed by atoms with Crippen LogP contribution in [0.2, 0.25) is 0 Å². The van der Waals surface area contributed by atoms with Crippen molar-refractivity contribution >= 4 is 6.41 Å². The molecule has 1 aliphatic carbocycles. The fraction of sp³-hybridized carbons (Fsp3) is 0.429. The number of nitrogens with zero attached hydrogens (tertiary/aromatic N) is 1. The molecule has 162 valence electrons. The average molecular weight is 421 g/mol. The molecule has 1 aromatic heterocycles. The summed E-state index contributed by atoms with van der Waals surface area (Å²) >= 11 is 0. The zero-order chi connectivity index (χ0) is 21.9. The van der Waals surface area contributed by atoms with Gasteiger partial charge in [-0.3, -0.25) is 4.79 Å². The van der Waals surface area contributed by atoms with Crippen molar-refractivity contribution in [2.24, 2.45) is 17.4 Å². The zero-order valence-corrected chi connectivity index (χ0v) is 16.9. The van der Waals surface area contributed by atoms with Gasteiger partial charge in [0.25, 0.3) is 0 Å². The van der Waals surface area contributed by atoms with Gasteiger partial charge in [0.1, 0.15) is 11.4 Å². The highest BCUT2D eigenvalue weighted by Gasteiger charge is 2.43. The number of carbonyl (C=O) groups excluding carboxylic acids is 1. The normalized spacial score (nSPS) is 17.0. The molecule has 30 heavy (non-hydrogen) atoms. The summed E-state index contributed by atoms with van der Waals surface area (Å²) in [4.78, 5) is 13.4. The van der Waals surface area contributed by atoms with E-state index in [1.807, 2.05) is 19.9 Å². The number of hydrogen-bond donors (Lipinski definition) is 2. The quantitative estimate of drug-likeness (QED) is 0.693. The predicted molar refractivity (Wildman–Crippen MR) is 107 cm³/mol. The van der Waals surface area contributed by atoms with Crippen molar-refractivity contribution < 1.29 is 27.8 Å². The van der Waals surface area contributed by atoms with Gasteiger partial charge in [-0.15, -0.1) is 8.78 Å². The van der Waals surface area contributed by atoms with Crippen molar-refractivity contribution in [1.29, 1.82) is 0 Å². The van der Waals surface area contributed by atoms with E-state index >= 15 is 0 Å². The topological polar surface area (TPSA) is 110 Å². The number of benzene rings is 1. The minimum atomic E-state index is -3.65. The standard InChI is InChI=1S/C20H22F2N2O3.CH3NO/c1-3-25-19-11(2)8-15(14(10-23)12-4-5-12)24-18(19)13-6-7-16-17(9-13)27-20(21,22)26-16;2-1-3/h6-9,12,14H,3-5,10,23H2,1-2H3;1H,(H2,2,3). The predicted octanol–water partition coefficient (Wildman–Crippen LogP) is 3.33. The number of fused-ring (bicyclic) bond motifs is 1. The van der Waals surface area contributed by atoms with Crippen molar-refractivity contribution in [3.8, 4) is 28.5 Å². The van der Waals surface area contributed by atoms with E-state index in [1.54, 1.807) is 6.07 Å². The van der Waals surface area contributed by atoms with Gasteiger partial charge in [-0.05, 0) is 62.4 Å². The van der Waals surface area contributed by atoms with Crippen LogP contribution in [0.3, 0.4) is 0 Å². The van der Waals surface area contributed by atoms with Crippen LogP contribution in [0.1, 0.15) is 36.9 Å². The maximum atomic E-state index is 13.3. The second-order valence-electron chi connectivity index (χ2n) is 7.12. The first-order valence-corrected chi connectivity index (χ1v) is 9.73. The van der Waals surface area contributed by atoms with E-state index < -0.39 is 6.29 Å². The number of carbonyl (C=O) groups is 1. The first-order valence-electron chi connectivity index (χ1n) is 9.73. The average Bonchev–Trinajstić information content (AvgIpc) is 3.46. The third-order valence-electron chi connectivity index (χ3n) is 4.97. The van der Waals surface area contributed by atoms with Crippen LogP contribution in [-0.2, 0) is 4.79 Å². The first-order chi connectivity index (χ1) is 14.3. The summed E-state index contributed by atoms with van der Waals surface area (Å²) < 4.78 is 41.6. The van der Waals surface area contributed by atoms with Crippen molar-refractivity contribution in [1.82, 2.24) is 4.98 Å². The fourth-order valence-electron chi connectivity index (χ4n) is 3.55. The van der Waals surface area contributed by atoms with Gasteiger partial charge in [-0.1, -0.05) is 0 Å². The lowest BCUT2D eigenvalue weighted by Gasteiger charge is -2.19. The van der Waals surface area contributed by atoms with Gasteiger partial charge in [0.05, 0.1) is 6.61 Å². The molecule has 1 aromatic carbocycles. The molecule has 7 nitrogen and oxygen atoms in total. The molecule has 9 heteroatoms. The Hall–Kier alpha value is -2.94. The number of ether oxygens (including phenoxy) is 3. The van der Waals surface area contributed by atoms with Crippen LogP contribution in [0.5, 0.6) is 17.2 Å². The number of rotatable bonds is 6. The van der Waals surface area contributed by atoms with Gasteiger partial charge in [-0.25, -0.2) is 4.98 Å². The van der Waals surface area contributed by atoms with E-state index in [4.69, 9.17) is 20.2 Å². The SMILES string of the molecule is CCOc1c(C)cc(C(CN)C2CC2)nc1-c1ccc2c(c1)OC(F)(F)O2.NC=O. The Labute approximate surface area is 173 Å². The molecule has 0 radical (unpaired) electrons. The Balaban J connectivity index is 0.000000806. The molecule has 4 rings (SSSR count). The molecular weight excluding hydrogens is 396 g/mol. The minimum absolute atomic E-state index is 0.00685. The second-order valence-corrected chi connectivity index (χ2v) is 7.12. The van der Waals surface area contributed by atoms with Crippen LogP contribution in [0.4, 0.5) is 8.78 Å². The van der Waals surface area contributed by atoms with Gasteiger partial charge in [0, 0.05) is 23.7 Å². The Morgan fingerprint density at radius 2 is 1.97 bits per heavy atom. The number of halogens is 2. The first kappa shape index (κ1) is 21.8. The van der Waals surface area contributed by atoms with Crippen molar-refractivity contribution in [2.45, 2.75) is 38.9 Å². The third kappa shape index (κ3) is 4.62. The number of amides is 1. The van der Waals surface area contributed by atoms with Crippen LogP contribution in [0.25, 0.3) is 11.3 Å². The fourth-order valence-corrected chi connectivity index (χ4v) is 3.55. The maximum absolute atomic E-state index is 13.3. The molecule has 4 N–H and O–H groups in total. The summed E-state index contributed by atoms with van der Waals surface area (Å²) in [5, 5.41) is 0. The minimum Gasteiger partial charge on any atom is -0.491 e. The molecule has 2 aromatic rings. The number of aryl methyl sites for hydroxylation is 1. The molecule has 1 saturated carbocycles. The Morgan fingerprint density at radius 3 is 2.57 bits per heavy atom. The smallest absolute Gasteiger partial charge is 0.491 e. The van der Waals surface area contributed by atoms with Crippen LogP contribution >= 0.6 is 0 Å². The summed E-state index contributed by atoms with van der Waals surface area (Å²) in [6, 6.07) is 6.68. The summed E-state index contributed by atoms with van der Waals surface area (Å²) in [6.45, 7) is 4.85. The van der Waals surface area contributed by atoms with Crippen molar-refractivity contribution in [3.63, 3.8) is 0 Å².